The lowest BCUT2D eigenvalue weighted by Gasteiger charge is -2.19. The van der Waals surface area contributed by atoms with Crippen LogP contribution in [0.2, 0.25) is 0 Å². The minimum atomic E-state index is -0.363. The molecular weight excluding hydrogens is 320 g/mol. The molecule has 1 aromatic carbocycles. The Labute approximate surface area is 147 Å². The maximum absolute atomic E-state index is 12.3. The first kappa shape index (κ1) is 18.3. The average Bonchev–Trinajstić information content (AvgIpc) is 2.56. The van der Waals surface area contributed by atoms with Gasteiger partial charge in [-0.05, 0) is 30.7 Å². The molecule has 0 spiro atoms. The normalized spacial score (nSPS) is 10.2. The van der Waals surface area contributed by atoms with E-state index >= 15 is 0 Å². The fourth-order valence-electron chi connectivity index (χ4n) is 2.19. The van der Waals surface area contributed by atoms with E-state index in [0.717, 1.165) is 11.3 Å². The molecule has 0 saturated heterocycles. The van der Waals surface area contributed by atoms with Crippen LogP contribution in [0.3, 0.4) is 0 Å². The molecule has 2 amide bonds. The number of hydrogen-bond acceptors (Lipinski definition) is 6. The number of carbonyl (C=O) groups is 1. The van der Waals surface area contributed by atoms with Gasteiger partial charge in [-0.15, -0.1) is 0 Å². The van der Waals surface area contributed by atoms with Crippen molar-refractivity contribution < 1.29 is 9.53 Å². The number of anilines is 4. The second kappa shape index (κ2) is 7.69. The van der Waals surface area contributed by atoms with Crippen molar-refractivity contribution in [2.24, 2.45) is 0 Å². The highest BCUT2D eigenvalue weighted by molar-refractivity contribution is 6.01. The van der Waals surface area contributed by atoms with Gasteiger partial charge in [0.15, 0.2) is 5.82 Å². The smallest absolute Gasteiger partial charge is 0.323 e. The Morgan fingerprint density at radius 2 is 1.76 bits per heavy atom. The number of nitrogens with one attached hydrogen (secondary N) is 2. The van der Waals surface area contributed by atoms with Gasteiger partial charge in [0.1, 0.15) is 11.4 Å². The summed E-state index contributed by atoms with van der Waals surface area (Å²) >= 11 is 0. The van der Waals surface area contributed by atoms with E-state index in [1.807, 2.05) is 46.1 Å². The second-order valence-corrected chi connectivity index (χ2v) is 5.96. The standard InChI is InChI=1S/C17H24N6O2/c1-11-9-12(25-6)7-8-13(11)19-17(24)20-14-10-18-16(23(4)5)21-15(14)22(2)3/h7-10H,1-6H3,(H2,19,20,24). The lowest BCUT2D eigenvalue weighted by Crippen LogP contribution is -2.24. The number of amides is 2. The average molecular weight is 344 g/mol. The highest BCUT2D eigenvalue weighted by Gasteiger charge is 2.14. The van der Waals surface area contributed by atoms with Crippen molar-refractivity contribution in [3.05, 3.63) is 30.0 Å². The van der Waals surface area contributed by atoms with Crippen LogP contribution in [-0.2, 0) is 0 Å². The molecule has 0 saturated carbocycles. The number of ether oxygens (including phenoxy) is 1. The number of hydrogen-bond donors (Lipinski definition) is 2. The quantitative estimate of drug-likeness (QED) is 0.867. The Morgan fingerprint density at radius 3 is 2.32 bits per heavy atom. The van der Waals surface area contributed by atoms with Crippen molar-refractivity contribution in [2.75, 3.05) is 55.7 Å². The zero-order chi connectivity index (χ0) is 18.6. The van der Waals surface area contributed by atoms with E-state index in [9.17, 15) is 4.79 Å². The van der Waals surface area contributed by atoms with Crippen LogP contribution in [0.1, 0.15) is 5.56 Å². The third-order valence-corrected chi connectivity index (χ3v) is 3.51. The van der Waals surface area contributed by atoms with Gasteiger partial charge >= 0.3 is 6.03 Å². The van der Waals surface area contributed by atoms with Gasteiger partial charge in [0, 0.05) is 33.9 Å². The predicted molar refractivity (Wildman–Crippen MR) is 101 cm³/mol. The SMILES string of the molecule is COc1ccc(NC(=O)Nc2cnc(N(C)C)nc2N(C)C)c(C)c1. The predicted octanol–water partition coefficient (Wildman–Crippen LogP) is 2.57. The number of urea groups is 1. The number of carbonyl (C=O) groups excluding carboxylic acids is 1. The van der Waals surface area contributed by atoms with E-state index in [4.69, 9.17) is 4.74 Å². The van der Waals surface area contributed by atoms with Gasteiger partial charge in [0.2, 0.25) is 5.95 Å². The molecule has 2 aromatic rings. The minimum Gasteiger partial charge on any atom is -0.497 e. The van der Waals surface area contributed by atoms with Crippen LogP contribution in [0.25, 0.3) is 0 Å². The Kier molecular flexibility index (Phi) is 5.63. The van der Waals surface area contributed by atoms with E-state index in [0.29, 0.717) is 23.1 Å². The summed E-state index contributed by atoms with van der Waals surface area (Å²) in [5.41, 5.74) is 2.14. The lowest BCUT2D eigenvalue weighted by atomic mass is 10.2. The molecule has 0 fully saturated rings. The Hall–Kier alpha value is -3.03. The molecule has 25 heavy (non-hydrogen) atoms. The summed E-state index contributed by atoms with van der Waals surface area (Å²) in [4.78, 5) is 24.7. The molecule has 2 rings (SSSR count). The zero-order valence-electron chi connectivity index (χ0n) is 15.4. The fourth-order valence-corrected chi connectivity index (χ4v) is 2.19. The highest BCUT2D eigenvalue weighted by Crippen LogP contribution is 2.24. The maximum Gasteiger partial charge on any atom is 0.323 e. The lowest BCUT2D eigenvalue weighted by molar-refractivity contribution is 0.262. The Bertz CT molecular complexity index is 761. The van der Waals surface area contributed by atoms with Gasteiger partial charge in [-0.2, -0.15) is 4.98 Å². The van der Waals surface area contributed by atoms with Crippen molar-refractivity contribution >= 4 is 29.2 Å². The van der Waals surface area contributed by atoms with Crippen LogP contribution in [0.5, 0.6) is 5.75 Å². The first-order valence-corrected chi connectivity index (χ1v) is 7.76. The highest BCUT2D eigenvalue weighted by atomic mass is 16.5. The molecule has 2 N–H and O–H groups in total. The summed E-state index contributed by atoms with van der Waals surface area (Å²) in [6, 6.07) is 5.09. The Balaban J connectivity index is 2.17. The molecule has 0 aliphatic heterocycles. The topological polar surface area (TPSA) is 82.6 Å². The number of benzene rings is 1. The van der Waals surface area contributed by atoms with E-state index in [1.54, 1.807) is 30.3 Å². The summed E-state index contributed by atoms with van der Waals surface area (Å²) in [6.07, 6.45) is 1.60. The molecule has 8 nitrogen and oxygen atoms in total. The molecule has 134 valence electrons. The summed E-state index contributed by atoms with van der Waals surface area (Å²) in [5, 5.41) is 5.62. The van der Waals surface area contributed by atoms with E-state index in [-0.39, 0.29) is 6.03 Å². The van der Waals surface area contributed by atoms with Gasteiger partial charge in [-0.3, -0.25) is 0 Å². The maximum atomic E-state index is 12.3. The minimum absolute atomic E-state index is 0.363. The monoisotopic (exact) mass is 344 g/mol. The third-order valence-electron chi connectivity index (χ3n) is 3.51. The van der Waals surface area contributed by atoms with Crippen molar-refractivity contribution in [1.82, 2.24) is 9.97 Å². The van der Waals surface area contributed by atoms with Crippen LogP contribution < -0.4 is 25.2 Å². The van der Waals surface area contributed by atoms with E-state index < -0.39 is 0 Å². The molecule has 0 aliphatic rings. The van der Waals surface area contributed by atoms with Gasteiger partial charge in [-0.1, -0.05) is 0 Å². The van der Waals surface area contributed by atoms with E-state index in [2.05, 4.69) is 20.6 Å². The first-order chi connectivity index (χ1) is 11.8. The molecule has 1 aromatic heterocycles. The second-order valence-electron chi connectivity index (χ2n) is 5.96. The van der Waals surface area contributed by atoms with E-state index in [1.165, 1.54) is 0 Å². The Morgan fingerprint density at radius 1 is 1.08 bits per heavy atom. The van der Waals surface area contributed by atoms with Crippen LogP contribution in [0, 0.1) is 6.92 Å². The largest absolute Gasteiger partial charge is 0.497 e. The van der Waals surface area contributed by atoms with Gasteiger partial charge in [0.05, 0.1) is 13.3 Å². The molecule has 0 bridgehead atoms. The zero-order valence-corrected chi connectivity index (χ0v) is 15.4. The summed E-state index contributed by atoms with van der Waals surface area (Å²) in [7, 11) is 9.05. The fraction of sp³-hybridized carbons (Fsp3) is 0.353. The third kappa shape index (κ3) is 4.50. The van der Waals surface area contributed by atoms with Gasteiger partial charge < -0.3 is 25.2 Å². The van der Waals surface area contributed by atoms with Crippen LogP contribution >= 0.6 is 0 Å². The summed E-state index contributed by atoms with van der Waals surface area (Å²) in [5.74, 6) is 1.94. The number of aromatic nitrogens is 2. The van der Waals surface area contributed by atoms with Crippen LogP contribution in [-0.4, -0.2) is 51.3 Å². The molecule has 8 heteroatoms. The first-order valence-electron chi connectivity index (χ1n) is 7.76. The molecular formula is C17H24N6O2. The summed E-state index contributed by atoms with van der Waals surface area (Å²) < 4.78 is 5.17. The molecule has 0 unspecified atom stereocenters. The van der Waals surface area contributed by atoms with Crippen molar-refractivity contribution in [2.45, 2.75) is 6.92 Å². The van der Waals surface area contributed by atoms with Crippen LogP contribution in [0.4, 0.5) is 27.9 Å². The number of methoxy groups -OCH3 is 1. The molecule has 0 aliphatic carbocycles. The number of nitrogens with zero attached hydrogens (tertiary/aromatic N) is 4. The number of rotatable bonds is 5. The summed E-state index contributed by atoms with van der Waals surface area (Å²) in [6.45, 7) is 1.90. The molecule has 0 atom stereocenters. The van der Waals surface area contributed by atoms with Crippen molar-refractivity contribution in [1.29, 1.82) is 0 Å². The van der Waals surface area contributed by atoms with Crippen molar-refractivity contribution in [3.63, 3.8) is 0 Å². The number of aryl methyl sites for hydroxylation is 1. The molecule has 1 heterocycles. The van der Waals surface area contributed by atoms with Crippen LogP contribution in [0.15, 0.2) is 24.4 Å². The van der Waals surface area contributed by atoms with Crippen molar-refractivity contribution in [3.8, 4) is 5.75 Å². The van der Waals surface area contributed by atoms with Gasteiger partial charge in [-0.25, -0.2) is 9.78 Å². The molecule has 0 radical (unpaired) electrons. The van der Waals surface area contributed by atoms with Gasteiger partial charge in [0.25, 0.3) is 0 Å².